The Morgan fingerprint density at radius 3 is 2.71 bits per heavy atom. The van der Waals surface area contributed by atoms with E-state index in [1.165, 1.54) is 11.3 Å². The third kappa shape index (κ3) is 2.85. The third-order valence-electron chi connectivity index (χ3n) is 2.85. The molecular formula is C15H10F2N2OS. The van der Waals surface area contributed by atoms with Crippen LogP contribution in [0.25, 0.3) is 11.3 Å². The number of phenolic OH excluding ortho intramolecular Hbond substituents is 1. The van der Waals surface area contributed by atoms with Gasteiger partial charge in [0.2, 0.25) is 0 Å². The van der Waals surface area contributed by atoms with Crippen LogP contribution in [0.2, 0.25) is 0 Å². The Bertz CT molecular complexity index is 789. The van der Waals surface area contributed by atoms with Crippen LogP contribution in [0.3, 0.4) is 0 Å². The van der Waals surface area contributed by atoms with Crippen LogP contribution in [0.1, 0.15) is 0 Å². The van der Waals surface area contributed by atoms with Gasteiger partial charge in [0.25, 0.3) is 0 Å². The largest absolute Gasteiger partial charge is 0.507 e. The number of aromatic nitrogens is 1. The summed E-state index contributed by atoms with van der Waals surface area (Å²) in [4.78, 5) is 4.27. The van der Waals surface area contributed by atoms with Crippen molar-refractivity contribution in [2.24, 2.45) is 0 Å². The van der Waals surface area contributed by atoms with Gasteiger partial charge in [0, 0.05) is 17.0 Å². The molecule has 106 valence electrons. The van der Waals surface area contributed by atoms with Gasteiger partial charge >= 0.3 is 0 Å². The quantitative estimate of drug-likeness (QED) is 0.747. The van der Waals surface area contributed by atoms with Crippen LogP contribution < -0.4 is 5.32 Å². The molecule has 0 saturated heterocycles. The van der Waals surface area contributed by atoms with Crippen LogP contribution in [0.4, 0.5) is 19.6 Å². The average molecular weight is 304 g/mol. The van der Waals surface area contributed by atoms with E-state index in [9.17, 15) is 13.9 Å². The number of para-hydroxylation sites is 1. The fraction of sp³-hybridized carbons (Fsp3) is 0. The van der Waals surface area contributed by atoms with Gasteiger partial charge in [-0.2, -0.15) is 0 Å². The molecule has 0 unspecified atom stereocenters. The predicted octanol–water partition coefficient (Wildman–Crippen LogP) is 4.54. The number of benzene rings is 2. The highest BCUT2D eigenvalue weighted by atomic mass is 32.1. The first-order valence-corrected chi connectivity index (χ1v) is 6.97. The summed E-state index contributed by atoms with van der Waals surface area (Å²) in [6, 6.07) is 9.96. The van der Waals surface area contributed by atoms with Gasteiger partial charge in [0.1, 0.15) is 17.4 Å². The van der Waals surface area contributed by atoms with E-state index < -0.39 is 11.6 Å². The number of hydrogen-bond donors (Lipinski definition) is 2. The van der Waals surface area contributed by atoms with Crippen molar-refractivity contribution >= 4 is 22.2 Å². The molecule has 0 radical (unpaired) electrons. The summed E-state index contributed by atoms with van der Waals surface area (Å²) in [5.41, 5.74) is 1.17. The zero-order chi connectivity index (χ0) is 14.8. The summed E-state index contributed by atoms with van der Waals surface area (Å²) < 4.78 is 26.7. The second-order valence-electron chi connectivity index (χ2n) is 4.30. The maximum absolute atomic E-state index is 13.6. The lowest BCUT2D eigenvalue weighted by atomic mass is 10.1. The van der Waals surface area contributed by atoms with Crippen molar-refractivity contribution in [3.05, 3.63) is 59.5 Å². The minimum atomic E-state index is -0.560. The molecule has 0 aliphatic heterocycles. The maximum atomic E-state index is 13.6. The lowest BCUT2D eigenvalue weighted by molar-refractivity contribution is 0.477. The smallest absolute Gasteiger partial charge is 0.187 e. The van der Waals surface area contributed by atoms with Gasteiger partial charge in [-0.25, -0.2) is 13.8 Å². The zero-order valence-electron chi connectivity index (χ0n) is 10.7. The molecule has 2 N–H and O–H groups in total. The SMILES string of the molecule is Oc1ccccc1-c1csc(Nc2cc(F)ccc2F)n1. The normalized spacial score (nSPS) is 10.6. The number of nitrogens with zero attached hydrogens (tertiary/aromatic N) is 1. The van der Waals surface area contributed by atoms with Crippen molar-refractivity contribution in [3.63, 3.8) is 0 Å². The highest BCUT2D eigenvalue weighted by molar-refractivity contribution is 7.14. The van der Waals surface area contributed by atoms with Gasteiger partial charge in [0.05, 0.1) is 11.4 Å². The highest BCUT2D eigenvalue weighted by Gasteiger charge is 2.10. The standard InChI is InChI=1S/C15H10F2N2OS/c16-9-5-6-11(17)12(7-9)18-15-19-13(8-21-15)10-3-1-2-4-14(10)20/h1-8,20H,(H,18,19). The molecule has 0 aliphatic carbocycles. The van der Waals surface area contributed by atoms with Crippen LogP contribution >= 0.6 is 11.3 Å². The highest BCUT2D eigenvalue weighted by Crippen LogP contribution is 2.32. The summed E-state index contributed by atoms with van der Waals surface area (Å²) in [6.07, 6.45) is 0. The Balaban J connectivity index is 1.89. The molecule has 0 aliphatic rings. The molecule has 2 aromatic carbocycles. The van der Waals surface area contributed by atoms with Crippen LogP contribution in [-0.4, -0.2) is 10.1 Å². The van der Waals surface area contributed by atoms with Gasteiger partial charge in [-0.1, -0.05) is 12.1 Å². The van der Waals surface area contributed by atoms with E-state index in [4.69, 9.17) is 0 Å². The van der Waals surface area contributed by atoms with Gasteiger partial charge in [-0.15, -0.1) is 11.3 Å². The summed E-state index contributed by atoms with van der Waals surface area (Å²) in [6.45, 7) is 0. The molecule has 0 saturated carbocycles. The van der Waals surface area contributed by atoms with Crippen molar-refractivity contribution in [2.75, 3.05) is 5.32 Å². The summed E-state index contributed by atoms with van der Waals surface area (Å²) >= 11 is 1.24. The van der Waals surface area contributed by atoms with Gasteiger partial charge < -0.3 is 10.4 Å². The van der Waals surface area contributed by atoms with Crippen molar-refractivity contribution in [1.29, 1.82) is 0 Å². The molecule has 0 atom stereocenters. The summed E-state index contributed by atoms with van der Waals surface area (Å²) in [5.74, 6) is -0.974. The Morgan fingerprint density at radius 1 is 1.10 bits per heavy atom. The van der Waals surface area contributed by atoms with Crippen LogP contribution in [-0.2, 0) is 0 Å². The molecule has 0 amide bonds. The Kier molecular flexibility index (Phi) is 3.53. The van der Waals surface area contributed by atoms with Crippen molar-refractivity contribution in [3.8, 4) is 17.0 Å². The molecule has 6 heteroatoms. The van der Waals surface area contributed by atoms with E-state index in [0.29, 0.717) is 16.4 Å². The predicted molar refractivity (Wildman–Crippen MR) is 78.9 cm³/mol. The monoisotopic (exact) mass is 304 g/mol. The zero-order valence-corrected chi connectivity index (χ0v) is 11.5. The second-order valence-corrected chi connectivity index (χ2v) is 5.16. The molecule has 3 nitrogen and oxygen atoms in total. The van der Waals surface area contributed by atoms with Gasteiger partial charge in [0.15, 0.2) is 5.13 Å². The number of aromatic hydroxyl groups is 1. The number of anilines is 2. The molecule has 0 bridgehead atoms. The molecule has 21 heavy (non-hydrogen) atoms. The number of nitrogens with one attached hydrogen (secondary N) is 1. The van der Waals surface area contributed by atoms with E-state index in [2.05, 4.69) is 10.3 Å². The fourth-order valence-corrected chi connectivity index (χ4v) is 2.58. The summed E-state index contributed by atoms with van der Waals surface area (Å²) in [5, 5.41) is 14.7. The van der Waals surface area contributed by atoms with Crippen molar-refractivity contribution in [2.45, 2.75) is 0 Å². The first-order valence-electron chi connectivity index (χ1n) is 6.09. The fourth-order valence-electron chi connectivity index (χ4n) is 1.85. The lowest BCUT2D eigenvalue weighted by Crippen LogP contribution is -1.94. The Labute approximate surface area is 123 Å². The minimum Gasteiger partial charge on any atom is -0.507 e. The van der Waals surface area contributed by atoms with Crippen molar-refractivity contribution < 1.29 is 13.9 Å². The van der Waals surface area contributed by atoms with Crippen LogP contribution in [0, 0.1) is 11.6 Å². The number of phenols is 1. The first-order chi connectivity index (χ1) is 10.1. The minimum absolute atomic E-state index is 0.0215. The number of rotatable bonds is 3. The van der Waals surface area contributed by atoms with E-state index >= 15 is 0 Å². The van der Waals surface area contributed by atoms with E-state index in [1.54, 1.807) is 29.6 Å². The Hall–Kier alpha value is -2.47. The van der Waals surface area contributed by atoms with E-state index in [-0.39, 0.29) is 11.4 Å². The van der Waals surface area contributed by atoms with Gasteiger partial charge in [-0.05, 0) is 24.3 Å². The number of halogens is 2. The average Bonchev–Trinajstić information content (AvgIpc) is 2.92. The van der Waals surface area contributed by atoms with Crippen LogP contribution in [0.5, 0.6) is 5.75 Å². The van der Waals surface area contributed by atoms with Crippen molar-refractivity contribution in [1.82, 2.24) is 4.98 Å². The molecule has 0 fully saturated rings. The van der Waals surface area contributed by atoms with Gasteiger partial charge in [-0.3, -0.25) is 0 Å². The second kappa shape index (κ2) is 5.49. The molecule has 0 spiro atoms. The van der Waals surface area contributed by atoms with E-state index in [1.807, 2.05) is 0 Å². The lowest BCUT2D eigenvalue weighted by Gasteiger charge is -2.04. The topological polar surface area (TPSA) is 45.1 Å². The molecule has 3 rings (SSSR count). The Morgan fingerprint density at radius 2 is 1.90 bits per heavy atom. The summed E-state index contributed by atoms with van der Waals surface area (Å²) in [7, 11) is 0. The first kappa shape index (κ1) is 13.5. The number of hydrogen-bond acceptors (Lipinski definition) is 4. The van der Waals surface area contributed by atoms with E-state index in [0.717, 1.165) is 18.2 Å². The maximum Gasteiger partial charge on any atom is 0.187 e. The molecule has 1 heterocycles. The molecule has 1 aromatic heterocycles. The molecule has 3 aromatic rings. The number of thiazole rings is 1. The third-order valence-corrected chi connectivity index (χ3v) is 3.61. The molecular weight excluding hydrogens is 294 g/mol. The van der Waals surface area contributed by atoms with Crippen LogP contribution in [0.15, 0.2) is 47.8 Å².